The highest BCUT2D eigenvalue weighted by atomic mass is 127. The van der Waals surface area contributed by atoms with Crippen molar-refractivity contribution in [3.63, 3.8) is 0 Å². The standard InChI is InChI=1S/C22H25FN6O.HI/c1-16-7-8-18(12-20(16)23)14-26-22(24-2)25-13-17-5-3-6-19(11-17)28-21(30)15-29-10-4-9-27-29;/h3-12H,13-15H2,1-2H3,(H,28,30)(H2,24,25,26);1H. The summed E-state index contributed by atoms with van der Waals surface area (Å²) in [6.07, 6.45) is 3.37. The second-order valence-corrected chi connectivity index (χ2v) is 6.82. The molecule has 0 aliphatic heterocycles. The van der Waals surface area contributed by atoms with E-state index in [1.54, 1.807) is 43.2 Å². The van der Waals surface area contributed by atoms with Crippen LogP contribution in [0.5, 0.6) is 0 Å². The second kappa shape index (κ2) is 12.0. The van der Waals surface area contributed by atoms with Gasteiger partial charge in [0.1, 0.15) is 12.4 Å². The lowest BCUT2D eigenvalue weighted by molar-refractivity contribution is -0.116. The van der Waals surface area contributed by atoms with Gasteiger partial charge in [-0.3, -0.25) is 14.5 Å². The van der Waals surface area contributed by atoms with Gasteiger partial charge < -0.3 is 16.0 Å². The van der Waals surface area contributed by atoms with Crippen molar-refractivity contribution < 1.29 is 9.18 Å². The summed E-state index contributed by atoms with van der Waals surface area (Å²) < 4.78 is 15.2. The molecule has 2 aromatic carbocycles. The molecule has 0 unspecified atom stereocenters. The third-order valence-electron chi connectivity index (χ3n) is 4.46. The highest BCUT2D eigenvalue weighted by molar-refractivity contribution is 14.0. The van der Waals surface area contributed by atoms with E-state index in [1.165, 1.54) is 6.07 Å². The molecule has 0 saturated carbocycles. The lowest BCUT2D eigenvalue weighted by atomic mass is 10.1. The largest absolute Gasteiger partial charge is 0.352 e. The van der Waals surface area contributed by atoms with E-state index in [4.69, 9.17) is 0 Å². The number of halogens is 2. The van der Waals surface area contributed by atoms with Crippen LogP contribution < -0.4 is 16.0 Å². The molecule has 3 rings (SSSR count). The van der Waals surface area contributed by atoms with Gasteiger partial charge in [0.05, 0.1) is 0 Å². The third kappa shape index (κ3) is 7.67. The van der Waals surface area contributed by atoms with Crippen LogP contribution >= 0.6 is 24.0 Å². The van der Waals surface area contributed by atoms with Gasteiger partial charge in [-0.05, 0) is 47.9 Å². The highest BCUT2D eigenvalue weighted by Crippen LogP contribution is 2.11. The number of amides is 1. The first kappa shape index (κ1) is 24.3. The molecule has 31 heavy (non-hydrogen) atoms. The van der Waals surface area contributed by atoms with E-state index in [-0.39, 0.29) is 42.2 Å². The number of hydrogen-bond acceptors (Lipinski definition) is 3. The van der Waals surface area contributed by atoms with Gasteiger partial charge in [0.25, 0.3) is 0 Å². The first-order valence-corrected chi connectivity index (χ1v) is 9.59. The molecule has 0 spiro atoms. The molecule has 0 atom stereocenters. The summed E-state index contributed by atoms with van der Waals surface area (Å²) >= 11 is 0. The molecule has 1 amide bonds. The molecule has 0 fully saturated rings. The molecule has 0 bridgehead atoms. The van der Waals surface area contributed by atoms with E-state index in [1.807, 2.05) is 30.3 Å². The number of aliphatic imine (C=N–C) groups is 1. The van der Waals surface area contributed by atoms with Gasteiger partial charge in [0, 0.05) is 38.2 Å². The van der Waals surface area contributed by atoms with Crippen LogP contribution in [0.3, 0.4) is 0 Å². The monoisotopic (exact) mass is 536 g/mol. The number of anilines is 1. The number of carbonyl (C=O) groups is 1. The molecule has 3 N–H and O–H groups in total. The molecule has 0 radical (unpaired) electrons. The molecule has 0 saturated heterocycles. The number of rotatable bonds is 7. The summed E-state index contributed by atoms with van der Waals surface area (Å²) in [6.45, 7) is 2.87. The molecule has 1 heterocycles. The average molecular weight is 536 g/mol. The SMILES string of the molecule is CN=C(NCc1cccc(NC(=O)Cn2cccn2)c1)NCc1ccc(C)c(F)c1.I. The summed E-state index contributed by atoms with van der Waals surface area (Å²) in [4.78, 5) is 16.3. The number of nitrogens with zero attached hydrogens (tertiary/aromatic N) is 3. The van der Waals surface area contributed by atoms with Crippen molar-refractivity contribution in [1.82, 2.24) is 20.4 Å². The van der Waals surface area contributed by atoms with Crippen LogP contribution in [0.25, 0.3) is 0 Å². The number of guanidine groups is 1. The Labute approximate surface area is 198 Å². The lowest BCUT2D eigenvalue weighted by Crippen LogP contribution is -2.36. The van der Waals surface area contributed by atoms with E-state index in [2.05, 4.69) is 26.0 Å². The maximum atomic E-state index is 13.7. The minimum absolute atomic E-state index is 0. The Morgan fingerprint density at radius 3 is 2.48 bits per heavy atom. The number of aryl methyl sites for hydroxylation is 1. The van der Waals surface area contributed by atoms with E-state index in [0.29, 0.717) is 30.3 Å². The Bertz CT molecular complexity index is 1020. The summed E-state index contributed by atoms with van der Waals surface area (Å²) in [5.74, 6) is 0.236. The van der Waals surface area contributed by atoms with Crippen molar-refractivity contribution in [1.29, 1.82) is 0 Å². The van der Waals surface area contributed by atoms with Gasteiger partial charge in [-0.2, -0.15) is 5.10 Å². The number of hydrogen-bond donors (Lipinski definition) is 3. The molecule has 1 aromatic heterocycles. The first-order valence-electron chi connectivity index (χ1n) is 9.59. The number of nitrogens with one attached hydrogen (secondary N) is 3. The molecule has 9 heteroatoms. The Kier molecular flexibility index (Phi) is 9.44. The fraction of sp³-hybridized carbons (Fsp3) is 0.227. The Hall–Kier alpha value is -2.95. The van der Waals surface area contributed by atoms with Gasteiger partial charge in [-0.15, -0.1) is 24.0 Å². The van der Waals surface area contributed by atoms with Crippen molar-refractivity contribution in [3.8, 4) is 0 Å². The number of aromatic nitrogens is 2. The summed E-state index contributed by atoms with van der Waals surface area (Å²) in [7, 11) is 1.68. The first-order chi connectivity index (χ1) is 14.5. The topological polar surface area (TPSA) is 83.3 Å². The summed E-state index contributed by atoms with van der Waals surface area (Å²) in [5, 5.41) is 13.3. The van der Waals surface area contributed by atoms with E-state index in [9.17, 15) is 9.18 Å². The van der Waals surface area contributed by atoms with Crippen molar-refractivity contribution >= 4 is 41.5 Å². The molecule has 0 aliphatic rings. The lowest BCUT2D eigenvalue weighted by Gasteiger charge is -2.13. The van der Waals surface area contributed by atoms with Crippen LogP contribution in [-0.2, 0) is 24.4 Å². The van der Waals surface area contributed by atoms with Crippen LogP contribution in [0.1, 0.15) is 16.7 Å². The van der Waals surface area contributed by atoms with E-state index in [0.717, 1.165) is 11.1 Å². The summed E-state index contributed by atoms with van der Waals surface area (Å²) in [6, 6.07) is 14.5. The molecular weight excluding hydrogens is 510 g/mol. The number of carbonyl (C=O) groups excluding carboxylic acids is 1. The van der Waals surface area contributed by atoms with E-state index < -0.39 is 0 Å². The van der Waals surface area contributed by atoms with Gasteiger partial charge in [-0.25, -0.2) is 4.39 Å². The molecular formula is C22H26FIN6O. The zero-order chi connectivity index (χ0) is 21.3. The second-order valence-electron chi connectivity index (χ2n) is 6.82. The Morgan fingerprint density at radius 1 is 1.10 bits per heavy atom. The van der Waals surface area contributed by atoms with Crippen LogP contribution in [0.4, 0.5) is 10.1 Å². The minimum Gasteiger partial charge on any atom is -0.352 e. The van der Waals surface area contributed by atoms with Crippen LogP contribution in [0.15, 0.2) is 65.9 Å². The maximum Gasteiger partial charge on any atom is 0.246 e. The van der Waals surface area contributed by atoms with Crippen molar-refractivity contribution in [2.75, 3.05) is 12.4 Å². The average Bonchev–Trinajstić information content (AvgIpc) is 3.24. The van der Waals surface area contributed by atoms with Crippen molar-refractivity contribution in [2.24, 2.45) is 4.99 Å². The van der Waals surface area contributed by atoms with Gasteiger partial charge >= 0.3 is 0 Å². The third-order valence-corrected chi connectivity index (χ3v) is 4.46. The smallest absolute Gasteiger partial charge is 0.246 e. The quantitative estimate of drug-likeness (QED) is 0.246. The predicted molar refractivity (Wildman–Crippen MR) is 131 cm³/mol. The predicted octanol–water partition coefficient (Wildman–Crippen LogP) is 3.45. The zero-order valence-electron chi connectivity index (χ0n) is 17.4. The molecule has 0 aliphatic carbocycles. The van der Waals surface area contributed by atoms with Gasteiger partial charge in [-0.1, -0.05) is 24.3 Å². The van der Waals surface area contributed by atoms with Crippen LogP contribution in [0.2, 0.25) is 0 Å². The summed E-state index contributed by atoms with van der Waals surface area (Å²) in [5.41, 5.74) is 3.15. The normalized spacial score (nSPS) is 10.9. The molecule has 164 valence electrons. The molecule has 3 aromatic rings. The van der Waals surface area contributed by atoms with Gasteiger partial charge in [0.15, 0.2) is 5.96 Å². The van der Waals surface area contributed by atoms with Crippen molar-refractivity contribution in [2.45, 2.75) is 26.6 Å². The van der Waals surface area contributed by atoms with E-state index >= 15 is 0 Å². The number of benzene rings is 2. The zero-order valence-corrected chi connectivity index (χ0v) is 19.8. The fourth-order valence-corrected chi connectivity index (χ4v) is 2.84. The molecule has 7 nitrogen and oxygen atoms in total. The maximum absolute atomic E-state index is 13.7. The van der Waals surface area contributed by atoms with Gasteiger partial charge in [0.2, 0.25) is 5.91 Å². The van der Waals surface area contributed by atoms with Crippen LogP contribution in [0, 0.1) is 12.7 Å². The van der Waals surface area contributed by atoms with Crippen LogP contribution in [-0.4, -0.2) is 28.7 Å². The fourth-order valence-electron chi connectivity index (χ4n) is 2.84. The minimum atomic E-state index is -0.219. The Balaban J connectivity index is 0.00000341. The highest BCUT2D eigenvalue weighted by Gasteiger charge is 2.06. The Morgan fingerprint density at radius 2 is 1.84 bits per heavy atom. The van der Waals surface area contributed by atoms with Crippen molar-refractivity contribution in [3.05, 3.63) is 83.4 Å².